The highest BCUT2D eigenvalue weighted by Crippen LogP contribution is 2.40. The number of pyridine rings is 1. The zero-order valence-corrected chi connectivity index (χ0v) is 29.1. The highest BCUT2D eigenvalue weighted by Gasteiger charge is 2.41. The van der Waals surface area contributed by atoms with Crippen molar-refractivity contribution in [2.24, 2.45) is 0 Å². The van der Waals surface area contributed by atoms with Gasteiger partial charge in [-0.25, -0.2) is 9.67 Å². The average molecular weight is 682 g/mol. The van der Waals surface area contributed by atoms with Gasteiger partial charge in [0.25, 0.3) is 5.56 Å². The molecule has 0 aliphatic carbocycles. The fourth-order valence-electron chi connectivity index (χ4n) is 7.27. The Bertz CT molecular complexity index is 2370. The van der Waals surface area contributed by atoms with Crippen LogP contribution in [0.15, 0.2) is 163 Å². The molecule has 0 aliphatic heterocycles. The molecule has 0 atom stereocenters. The van der Waals surface area contributed by atoms with Gasteiger partial charge in [0, 0.05) is 18.3 Å². The number of benzene rings is 5. The molecule has 3 heterocycles. The number of aromatic nitrogens is 7. The molecule has 8 rings (SSSR count). The molecule has 0 bridgehead atoms. The van der Waals surface area contributed by atoms with Gasteiger partial charge >= 0.3 is 0 Å². The first-order valence-electron chi connectivity index (χ1n) is 17.9. The van der Waals surface area contributed by atoms with Crippen LogP contribution in [0, 0.1) is 0 Å². The lowest BCUT2D eigenvalue weighted by molar-refractivity contribution is 0.396. The minimum Gasteiger partial charge on any atom is -0.267 e. The van der Waals surface area contributed by atoms with Gasteiger partial charge in [0.05, 0.1) is 11.9 Å². The summed E-state index contributed by atoms with van der Waals surface area (Å²) >= 11 is 0. The average Bonchev–Trinajstić information content (AvgIpc) is 3.80. The number of nitrogens with zero attached hydrogens (tertiary/aromatic N) is 7. The third-order valence-electron chi connectivity index (χ3n) is 9.81. The summed E-state index contributed by atoms with van der Waals surface area (Å²) in [6, 6.07) is 51.5. The second kappa shape index (κ2) is 14.4. The van der Waals surface area contributed by atoms with Gasteiger partial charge < -0.3 is 0 Å². The van der Waals surface area contributed by atoms with Gasteiger partial charge in [-0.3, -0.25) is 9.48 Å². The van der Waals surface area contributed by atoms with Crippen molar-refractivity contribution in [2.75, 3.05) is 0 Å². The summed E-state index contributed by atoms with van der Waals surface area (Å²) in [5.41, 5.74) is 6.96. The molecule has 0 fully saturated rings. The maximum atomic E-state index is 13.3. The van der Waals surface area contributed by atoms with Crippen LogP contribution in [0.1, 0.15) is 48.4 Å². The largest absolute Gasteiger partial charge is 0.276 e. The third-order valence-corrected chi connectivity index (χ3v) is 9.81. The lowest BCUT2D eigenvalue weighted by Gasteiger charge is -2.34. The van der Waals surface area contributed by atoms with E-state index in [9.17, 15) is 4.79 Å². The molecule has 256 valence electrons. The van der Waals surface area contributed by atoms with Gasteiger partial charge in [-0.15, -0.1) is 15.0 Å². The van der Waals surface area contributed by atoms with E-state index >= 15 is 0 Å². The Morgan fingerprint density at radius 1 is 0.615 bits per heavy atom. The molecule has 0 amide bonds. The summed E-state index contributed by atoms with van der Waals surface area (Å²) < 4.78 is 3.88. The van der Waals surface area contributed by atoms with Gasteiger partial charge in [0.15, 0.2) is 11.2 Å². The van der Waals surface area contributed by atoms with Crippen molar-refractivity contribution >= 4 is 11.0 Å². The first-order valence-corrected chi connectivity index (χ1v) is 17.9. The smallest absolute Gasteiger partial charge is 0.267 e. The Hall–Kier alpha value is -6.41. The molecule has 5 aromatic carbocycles. The van der Waals surface area contributed by atoms with Crippen LogP contribution in [-0.2, 0) is 18.6 Å². The molecule has 0 aliphatic rings. The van der Waals surface area contributed by atoms with Crippen LogP contribution >= 0.6 is 0 Å². The summed E-state index contributed by atoms with van der Waals surface area (Å²) in [6.07, 6.45) is 4.87. The van der Waals surface area contributed by atoms with Crippen LogP contribution in [0.2, 0.25) is 0 Å². The topological polar surface area (TPSA) is 83.4 Å². The fourth-order valence-corrected chi connectivity index (χ4v) is 7.27. The van der Waals surface area contributed by atoms with E-state index in [4.69, 9.17) is 15.4 Å². The molecule has 0 unspecified atom stereocenters. The monoisotopic (exact) mass is 681 g/mol. The van der Waals surface area contributed by atoms with E-state index in [0.29, 0.717) is 29.9 Å². The van der Waals surface area contributed by atoms with Crippen molar-refractivity contribution in [2.45, 2.75) is 44.8 Å². The van der Waals surface area contributed by atoms with Crippen molar-refractivity contribution in [3.05, 3.63) is 190 Å². The van der Waals surface area contributed by atoms with Gasteiger partial charge in [0.2, 0.25) is 5.82 Å². The van der Waals surface area contributed by atoms with E-state index in [2.05, 4.69) is 78.6 Å². The molecule has 8 nitrogen and oxygen atoms in total. The van der Waals surface area contributed by atoms with Crippen LogP contribution in [0.4, 0.5) is 0 Å². The minimum atomic E-state index is -0.861. The zero-order valence-electron chi connectivity index (χ0n) is 29.1. The Morgan fingerprint density at radius 3 is 1.83 bits per heavy atom. The first-order chi connectivity index (χ1) is 25.7. The van der Waals surface area contributed by atoms with Crippen LogP contribution < -0.4 is 5.56 Å². The van der Waals surface area contributed by atoms with Gasteiger partial charge in [0.1, 0.15) is 0 Å². The summed E-state index contributed by atoms with van der Waals surface area (Å²) in [5, 5.41) is 15.3. The van der Waals surface area contributed by atoms with E-state index in [1.165, 1.54) is 0 Å². The van der Waals surface area contributed by atoms with Crippen molar-refractivity contribution < 1.29 is 0 Å². The highest BCUT2D eigenvalue weighted by atomic mass is 16.1. The molecule has 0 N–H and O–H groups in total. The zero-order chi connectivity index (χ0) is 35.3. The van der Waals surface area contributed by atoms with Crippen molar-refractivity contribution in [3.63, 3.8) is 0 Å². The number of tetrazole rings is 1. The SMILES string of the molecule is CCCCCn1c(=O)c2cccnc2n1Cc1ccc(-c2ccccc2-c2nnn(C(c3ccccc3)(c3ccccc3)c3ccccc3)n2)cc1. The quantitative estimate of drug-likeness (QED) is 0.0953. The van der Waals surface area contributed by atoms with Crippen LogP contribution in [0.3, 0.4) is 0 Å². The number of fused-ring (bicyclic) bond motifs is 1. The Morgan fingerprint density at radius 2 is 1.21 bits per heavy atom. The number of unbranched alkanes of at least 4 members (excludes halogenated alkanes) is 2. The lowest BCUT2D eigenvalue weighted by Crippen LogP contribution is -2.39. The molecule has 0 spiro atoms. The maximum Gasteiger partial charge on any atom is 0.276 e. The third kappa shape index (κ3) is 5.92. The van der Waals surface area contributed by atoms with E-state index in [-0.39, 0.29) is 5.56 Å². The Balaban J connectivity index is 1.17. The van der Waals surface area contributed by atoms with Crippen LogP contribution in [0.25, 0.3) is 33.5 Å². The maximum absolute atomic E-state index is 13.3. The van der Waals surface area contributed by atoms with Gasteiger partial charge in [-0.1, -0.05) is 159 Å². The van der Waals surface area contributed by atoms with E-state index in [1.807, 2.05) is 94.3 Å². The molecular weight excluding hydrogens is 643 g/mol. The van der Waals surface area contributed by atoms with Gasteiger partial charge in [-0.05, 0) is 57.1 Å². The summed E-state index contributed by atoms with van der Waals surface area (Å²) in [4.78, 5) is 19.7. The molecule has 3 aromatic heterocycles. The van der Waals surface area contributed by atoms with Gasteiger partial charge in [-0.2, -0.15) is 0 Å². The second-order valence-electron chi connectivity index (χ2n) is 13.0. The predicted molar refractivity (Wildman–Crippen MR) is 206 cm³/mol. The Kier molecular flexibility index (Phi) is 9.10. The highest BCUT2D eigenvalue weighted by molar-refractivity contribution is 5.80. The van der Waals surface area contributed by atoms with E-state index in [0.717, 1.165) is 58.2 Å². The molecule has 0 saturated carbocycles. The second-order valence-corrected chi connectivity index (χ2v) is 13.0. The number of hydrogen-bond acceptors (Lipinski definition) is 5. The van der Waals surface area contributed by atoms with E-state index < -0.39 is 5.54 Å². The number of rotatable bonds is 12. The van der Waals surface area contributed by atoms with E-state index in [1.54, 1.807) is 11.0 Å². The molecule has 52 heavy (non-hydrogen) atoms. The molecule has 8 heteroatoms. The first kappa shape index (κ1) is 32.8. The number of hydrogen-bond donors (Lipinski definition) is 0. The standard InChI is InChI=1S/C44H39N7O/c1-2-3-15-31-49-43(52)40-25-16-30-45-42(40)50(49)32-33-26-28-34(29-27-33)38-23-13-14-24-39(38)41-46-48-51(47-41)44(35-17-7-4-8-18-35,36-19-9-5-10-20-36)37-21-11-6-12-22-37/h4-14,16-30H,2-3,15,31-32H2,1H3. The summed E-state index contributed by atoms with van der Waals surface area (Å²) in [5.74, 6) is 0.535. The molecule has 8 aromatic rings. The minimum absolute atomic E-state index is 0.0149. The summed E-state index contributed by atoms with van der Waals surface area (Å²) in [6.45, 7) is 3.38. The van der Waals surface area contributed by atoms with Crippen molar-refractivity contribution in [1.29, 1.82) is 0 Å². The Labute approximate surface area is 302 Å². The van der Waals surface area contributed by atoms with Crippen molar-refractivity contribution in [1.82, 2.24) is 34.6 Å². The van der Waals surface area contributed by atoms with Crippen LogP contribution in [-0.4, -0.2) is 34.6 Å². The molecule has 0 saturated heterocycles. The molecular formula is C44H39N7O. The van der Waals surface area contributed by atoms with Crippen LogP contribution in [0.5, 0.6) is 0 Å². The fraction of sp³-hybridized carbons (Fsp3) is 0.159. The predicted octanol–water partition coefficient (Wildman–Crippen LogP) is 8.60. The lowest BCUT2D eigenvalue weighted by atomic mass is 9.77. The van der Waals surface area contributed by atoms with Crippen molar-refractivity contribution in [3.8, 4) is 22.5 Å². The summed E-state index contributed by atoms with van der Waals surface area (Å²) in [7, 11) is 0. The normalized spacial score (nSPS) is 11.6. The molecule has 0 radical (unpaired) electrons.